The van der Waals surface area contributed by atoms with Gasteiger partial charge in [0.05, 0.1) is 17.6 Å². The van der Waals surface area contributed by atoms with Crippen LogP contribution in [0.5, 0.6) is 0 Å². The molecule has 20 heavy (non-hydrogen) atoms. The molecule has 108 valence electrons. The van der Waals surface area contributed by atoms with Crippen LogP contribution in [0.25, 0.3) is 0 Å². The maximum absolute atomic E-state index is 12.7. The Labute approximate surface area is 116 Å². The first-order chi connectivity index (χ1) is 9.49. The van der Waals surface area contributed by atoms with E-state index in [0.29, 0.717) is 18.5 Å². The SMILES string of the molecule is N#Cc1cccc(CN[C@H]2CCC[C@H](C(F)(F)F)C2)c1. The second-order valence-electron chi connectivity index (χ2n) is 5.30. The highest BCUT2D eigenvalue weighted by atomic mass is 19.4. The molecule has 0 aliphatic heterocycles. The number of nitrogens with one attached hydrogen (secondary N) is 1. The molecule has 1 aromatic carbocycles. The molecular formula is C15H17F3N2. The number of hydrogen-bond acceptors (Lipinski definition) is 2. The Morgan fingerprint density at radius 2 is 2.10 bits per heavy atom. The fourth-order valence-corrected chi connectivity index (χ4v) is 2.69. The number of nitrogens with zero attached hydrogens (tertiary/aromatic N) is 1. The van der Waals surface area contributed by atoms with Gasteiger partial charge >= 0.3 is 6.18 Å². The molecule has 1 fully saturated rings. The smallest absolute Gasteiger partial charge is 0.310 e. The molecular weight excluding hydrogens is 265 g/mol. The zero-order valence-corrected chi connectivity index (χ0v) is 11.1. The summed E-state index contributed by atoms with van der Waals surface area (Å²) in [4.78, 5) is 0. The van der Waals surface area contributed by atoms with E-state index in [4.69, 9.17) is 5.26 Å². The van der Waals surface area contributed by atoms with Crippen LogP contribution in [0.3, 0.4) is 0 Å². The maximum atomic E-state index is 12.7. The maximum Gasteiger partial charge on any atom is 0.391 e. The molecule has 1 aliphatic carbocycles. The van der Waals surface area contributed by atoms with E-state index in [0.717, 1.165) is 12.0 Å². The highest BCUT2D eigenvalue weighted by molar-refractivity contribution is 5.32. The van der Waals surface area contributed by atoms with Crippen molar-refractivity contribution < 1.29 is 13.2 Å². The van der Waals surface area contributed by atoms with Gasteiger partial charge in [-0.25, -0.2) is 0 Å². The third-order valence-electron chi connectivity index (χ3n) is 3.79. The van der Waals surface area contributed by atoms with Crippen molar-refractivity contribution in [3.05, 3.63) is 35.4 Å². The molecule has 2 rings (SSSR count). The van der Waals surface area contributed by atoms with Gasteiger partial charge in [0, 0.05) is 12.6 Å². The first-order valence-electron chi connectivity index (χ1n) is 6.78. The van der Waals surface area contributed by atoms with Gasteiger partial charge < -0.3 is 5.32 Å². The van der Waals surface area contributed by atoms with Gasteiger partial charge in [0.25, 0.3) is 0 Å². The predicted molar refractivity (Wildman–Crippen MR) is 69.8 cm³/mol. The summed E-state index contributed by atoms with van der Waals surface area (Å²) >= 11 is 0. The molecule has 1 aromatic rings. The second kappa shape index (κ2) is 6.27. The Hall–Kier alpha value is -1.54. The molecule has 0 bridgehead atoms. The lowest BCUT2D eigenvalue weighted by atomic mass is 9.85. The third-order valence-corrected chi connectivity index (χ3v) is 3.79. The highest BCUT2D eigenvalue weighted by Gasteiger charge is 2.41. The fourth-order valence-electron chi connectivity index (χ4n) is 2.69. The Morgan fingerprint density at radius 1 is 1.30 bits per heavy atom. The molecule has 0 heterocycles. The van der Waals surface area contributed by atoms with Crippen molar-refractivity contribution in [1.82, 2.24) is 5.32 Å². The molecule has 2 nitrogen and oxygen atoms in total. The van der Waals surface area contributed by atoms with Crippen LogP contribution in [0.4, 0.5) is 13.2 Å². The summed E-state index contributed by atoms with van der Waals surface area (Å²) in [5.41, 5.74) is 1.50. The minimum absolute atomic E-state index is 0.0962. The molecule has 2 atom stereocenters. The van der Waals surface area contributed by atoms with Gasteiger partial charge in [-0.3, -0.25) is 0 Å². The van der Waals surface area contributed by atoms with Crippen LogP contribution in [-0.2, 0) is 6.54 Å². The second-order valence-corrected chi connectivity index (χ2v) is 5.30. The quantitative estimate of drug-likeness (QED) is 0.916. The lowest BCUT2D eigenvalue weighted by molar-refractivity contribution is -0.183. The summed E-state index contributed by atoms with van der Waals surface area (Å²) in [5.74, 6) is -1.18. The van der Waals surface area contributed by atoms with E-state index < -0.39 is 12.1 Å². The Kier molecular flexibility index (Phi) is 4.66. The average Bonchev–Trinajstić information content (AvgIpc) is 2.45. The number of halogens is 3. The van der Waals surface area contributed by atoms with Gasteiger partial charge in [-0.2, -0.15) is 18.4 Å². The van der Waals surface area contributed by atoms with Crippen molar-refractivity contribution in [3.63, 3.8) is 0 Å². The van der Waals surface area contributed by atoms with Crippen LogP contribution >= 0.6 is 0 Å². The van der Waals surface area contributed by atoms with Crippen molar-refractivity contribution in [2.24, 2.45) is 5.92 Å². The van der Waals surface area contributed by atoms with Gasteiger partial charge in [0.15, 0.2) is 0 Å². The average molecular weight is 282 g/mol. The van der Waals surface area contributed by atoms with Gasteiger partial charge in [-0.05, 0) is 37.0 Å². The van der Waals surface area contributed by atoms with E-state index in [-0.39, 0.29) is 18.9 Å². The van der Waals surface area contributed by atoms with Crippen LogP contribution < -0.4 is 5.32 Å². The molecule has 0 radical (unpaired) electrons. The Bertz CT molecular complexity index is 491. The monoisotopic (exact) mass is 282 g/mol. The summed E-state index contributed by atoms with van der Waals surface area (Å²) in [7, 11) is 0. The van der Waals surface area contributed by atoms with E-state index in [1.807, 2.05) is 6.07 Å². The normalized spacial score (nSPS) is 23.3. The Morgan fingerprint density at radius 3 is 2.80 bits per heavy atom. The predicted octanol–water partition coefficient (Wildman–Crippen LogP) is 3.77. The topological polar surface area (TPSA) is 35.8 Å². The van der Waals surface area contributed by atoms with Gasteiger partial charge in [0.2, 0.25) is 0 Å². The van der Waals surface area contributed by atoms with Crippen molar-refractivity contribution in [2.75, 3.05) is 0 Å². The molecule has 1 N–H and O–H groups in total. The van der Waals surface area contributed by atoms with Crippen molar-refractivity contribution >= 4 is 0 Å². The van der Waals surface area contributed by atoms with Crippen molar-refractivity contribution in [1.29, 1.82) is 5.26 Å². The molecule has 5 heteroatoms. The van der Waals surface area contributed by atoms with Gasteiger partial charge in [0.1, 0.15) is 0 Å². The van der Waals surface area contributed by atoms with E-state index >= 15 is 0 Å². The lowest BCUT2D eigenvalue weighted by Crippen LogP contribution is -2.38. The first-order valence-corrected chi connectivity index (χ1v) is 6.78. The summed E-state index contributed by atoms with van der Waals surface area (Å²) in [5, 5.41) is 12.0. The summed E-state index contributed by atoms with van der Waals surface area (Å²) in [6.07, 6.45) is -2.29. The summed E-state index contributed by atoms with van der Waals surface area (Å²) in [6.45, 7) is 0.505. The number of hydrogen-bond donors (Lipinski definition) is 1. The number of benzene rings is 1. The fraction of sp³-hybridized carbons (Fsp3) is 0.533. The van der Waals surface area contributed by atoms with E-state index in [2.05, 4.69) is 11.4 Å². The van der Waals surface area contributed by atoms with Crippen molar-refractivity contribution in [2.45, 2.75) is 44.4 Å². The molecule has 0 saturated heterocycles. The van der Waals surface area contributed by atoms with Crippen LogP contribution in [-0.4, -0.2) is 12.2 Å². The molecule has 0 spiro atoms. The van der Waals surface area contributed by atoms with Crippen LogP contribution in [0.1, 0.15) is 36.8 Å². The molecule has 0 aromatic heterocycles. The van der Waals surface area contributed by atoms with Gasteiger partial charge in [-0.1, -0.05) is 18.6 Å². The molecule has 1 aliphatic rings. The first kappa shape index (κ1) is 14.9. The number of rotatable bonds is 3. The minimum Gasteiger partial charge on any atom is -0.310 e. The van der Waals surface area contributed by atoms with Crippen LogP contribution in [0, 0.1) is 17.2 Å². The molecule has 0 unspecified atom stereocenters. The Balaban J connectivity index is 1.89. The zero-order valence-electron chi connectivity index (χ0n) is 11.1. The lowest BCUT2D eigenvalue weighted by Gasteiger charge is -2.31. The number of alkyl halides is 3. The van der Waals surface area contributed by atoms with Gasteiger partial charge in [-0.15, -0.1) is 0 Å². The summed E-state index contributed by atoms with van der Waals surface area (Å²) < 4.78 is 38.1. The molecule has 1 saturated carbocycles. The zero-order chi connectivity index (χ0) is 14.6. The van der Waals surface area contributed by atoms with Crippen LogP contribution in [0.2, 0.25) is 0 Å². The number of nitriles is 1. The standard InChI is InChI=1S/C15H17F3N2/c16-15(17,18)13-5-2-6-14(8-13)20-10-12-4-1-3-11(7-12)9-19/h1,3-4,7,13-14,20H,2,5-6,8,10H2/t13-,14-/m0/s1. The van der Waals surface area contributed by atoms with E-state index in [1.165, 1.54) is 0 Å². The van der Waals surface area contributed by atoms with E-state index in [1.54, 1.807) is 18.2 Å². The van der Waals surface area contributed by atoms with E-state index in [9.17, 15) is 13.2 Å². The third kappa shape index (κ3) is 3.97. The van der Waals surface area contributed by atoms with Crippen LogP contribution in [0.15, 0.2) is 24.3 Å². The van der Waals surface area contributed by atoms with Crippen molar-refractivity contribution in [3.8, 4) is 6.07 Å². The highest BCUT2D eigenvalue weighted by Crippen LogP contribution is 2.37. The largest absolute Gasteiger partial charge is 0.391 e. The minimum atomic E-state index is -4.08. The summed E-state index contributed by atoms with van der Waals surface area (Å²) in [6, 6.07) is 9.09. The molecule has 0 amide bonds.